The molecule has 0 unspecified atom stereocenters. The van der Waals surface area contributed by atoms with Gasteiger partial charge in [-0.1, -0.05) is 62.8 Å². The largest absolute Gasteiger partial charge is 0.184 e. The summed E-state index contributed by atoms with van der Waals surface area (Å²) in [6, 6.07) is 16.1. The fourth-order valence-corrected chi connectivity index (χ4v) is 3.58. The van der Waals surface area contributed by atoms with Crippen LogP contribution in [0.25, 0.3) is 22.1 Å². The maximum atomic E-state index is 4.51. The van der Waals surface area contributed by atoms with E-state index in [9.17, 15) is 0 Å². The van der Waals surface area contributed by atoms with Gasteiger partial charge in [0.1, 0.15) is 22.1 Å². The van der Waals surface area contributed by atoms with Gasteiger partial charge in [0.2, 0.25) is 0 Å². The van der Waals surface area contributed by atoms with Gasteiger partial charge in [-0.15, -0.1) is 0 Å². The van der Waals surface area contributed by atoms with Crippen LogP contribution in [0.4, 0.5) is 0 Å². The van der Waals surface area contributed by atoms with Crippen LogP contribution in [0.2, 0.25) is 0 Å². The predicted octanol–water partition coefficient (Wildman–Crippen LogP) is 5.00. The summed E-state index contributed by atoms with van der Waals surface area (Å²) in [5.74, 6) is 0. The van der Waals surface area contributed by atoms with E-state index in [0.717, 1.165) is 48.0 Å². The van der Waals surface area contributed by atoms with E-state index in [4.69, 9.17) is 0 Å². The fourth-order valence-electron chi connectivity index (χ4n) is 3.58. The fraction of sp³-hybridized carbons (Fsp3) is 0.455. The molecule has 0 amide bonds. The number of aromatic nitrogens is 6. The van der Waals surface area contributed by atoms with E-state index in [1.807, 2.05) is 58.1 Å². The molecular weight excluding hydrogens is 348 g/mol. The molecule has 0 aliphatic carbocycles. The summed E-state index contributed by atoms with van der Waals surface area (Å²) in [6.45, 7) is 1.83. The third kappa shape index (κ3) is 4.94. The second-order valence-electron chi connectivity index (χ2n) is 7.40. The molecule has 0 spiro atoms. The van der Waals surface area contributed by atoms with E-state index in [0.29, 0.717) is 0 Å². The van der Waals surface area contributed by atoms with Crippen molar-refractivity contribution in [2.75, 3.05) is 0 Å². The zero-order valence-electron chi connectivity index (χ0n) is 16.4. The maximum Gasteiger partial charge on any atom is 0.113 e. The highest BCUT2D eigenvalue weighted by Gasteiger charge is 2.02. The van der Waals surface area contributed by atoms with Gasteiger partial charge in [-0.3, -0.25) is 0 Å². The Bertz CT molecular complexity index is 854. The van der Waals surface area contributed by atoms with Crippen molar-refractivity contribution in [2.45, 2.75) is 64.5 Å². The molecule has 0 saturated carbocycles. The number of hydrogen-bond donors (Lipinski definition) is 0. The van der Waals surface area contributed by atoms with E-state index in [1.165, 1.54) is 38.5 Å². The Morgan fingerprint density at radius 1 is 0.429 bits per heavy atom. The van der Waals surface area contributed by atoms with Crippen LogP contribution < -0.4 is 0 Å². The molecule has 0 fully saturated rings. The molecule has 6 heteroatoms. The first-order valence-electron chi connectivity index (χ1n) is 10.5. The second-order valence-corrected chi connectivity index (χ2v) is 7.40. The highest BCUT2D eigenvalue weighted by molar-refractivity contribution is 5.73. The zero-order valence-corrected chi connectivity index (χ0v) is 16.4. The molecule has 146 valence electrons. The van der Waals surface area contributed by atoms with Crippen LogP contribution in [0.1, 0.15) is 51.4 Å². The van der Waals surface area contributed by atoms with Gasteiger partial charge in [-0.25, -0.2) is 0 Å². The molecule has 0 N–H and O–H groups in total. The van der Waals surface area contributed by atoms with E-state index >= 15 is 0 Å². The van der Waals surface area contributed by atoms with Crippen molar-refractivity contribution in [3.8, 4) is 0 Å². The molecule has 0 aliphatic rings. The van der Waals surface area contributed by atoms with Crippen molar-refractivity contribution in [3.63, 3.8) is 0 Å². The lowest BCUT2D eigenvalue weighted by Crippen LogP contribution is -2.02. The molecule has 0 aliphatic heterocycles. The summed E-state index contributed by atoms with van der Waals surface area (Å²) in [6.07, 6.45) is 10.0. The molecule has 28 heavy (non-hydrogen) atoms. The van der Waals surface area contributed by atoms with E-state index in [2.05, 4.69) is 20.4 Å². The minimum absolute atomic E-state index is 0.917. The minimum Gasteiger partial charge on any atom is -0.184 e. The maximum absolute atomic E-state index is 4.51. The molecule has 0 radical (unpaired) electrons. The van der Waals surface area contributed by atoms with Gasteiger partial charge in [0.25, 0.3) is 0 Å². The molecule has 0 bridgehead atoms. The van der Waals surface area contributed by atoms with Gasteiger partial charge in [-0.05, 0) is 37.1 Å². The summed E-state index contributed by atoms with van der Waals surface area (Å²) >= 11 is 0. The number of rotatable bonds is 11. The van der Waals surface area contributed by atoms with Crippen LogP contribution in [0.15, 0.2) is 48.5 Å². The Labute approximate surface area is 165 Å². The van der Waals surface area contributed by atoms with Crippen LogP contribution >= 0.6 is 0 Å². The number of aryl methyl sites for hydroxylation is 2. The quantitative estimate of drug-likeness (QED) is 0.346. The molecular formula is C22H28N6. The molecule has 0 atom stereocenters. The molecule has 2 heterocycles. The smallest absolute Gasteiger partial charge is 0.113 e. The van der Waals surface area contributed by atoms with Crippen molar-refractivity contribution in [1.82, 2.24) is 30.0 Å². The third-order valence-electron chi connectivity index (χ3n) is 5.12. The first kappa shape index (κ1) is 18.6. The molecule has 6 nitrogen and oxygen atoms in total. The second kappa shape index (κ2) is 9.44. The standard InChI is InChI=1S/C22H28N6/c1(3-5-11-17-27-23-19-13-7-8-14-20(19)24-27)2-4-6-12-18-28-25-21-15-9-10-16-22(21)26-28/h7-10,13-16H,1-6,11-12,17-18H2. The van der Waals surface area contributed by atoms with E-state index < -0.39 is 0 Å². The predicted molar refractivity (Wildman–Crippen MR) is 112 cm³/mol. The normalized spacial score (nSPS) is 11.6. The van der Waals surface area contributed by atoms with Crippen LogP contribution in [0.5, 0.6) is 0 Å². The van der Waals surface area contributed by atoms with Crippen LogP contribution in [0.3, 0.4) is 0 Å². The lowest BCUT2D eigenvalue weighted by molar-refractivity contribution is 0.471. The summed E-state index contributed by atoms with van der Waals surface area (Å²) in [5.41, 5.74) is 3.95. The lowest BCUT2D eigenvalue weighted by atomic mass is 10.1. The summed E-state index contributed by atoms with van der Waals surface area (Å²) in [4.78, 5) is 3.69. The third-order valence-corrected chi connectivity index (χ3v) is 5.12. The summed E-state index contributed by atoms with van der Waals surface area (Å²) < 4.78 is 0. The average Bonchev–Trinajstić information content (AvgIpc) is 3.32. The van der Waals surface area contributed by atoms with Crippen molar-refractivity contribution in [2.24, 2.45) is 0 Å². The van der Waals surface area contributed by atoms with E-state index in [-0.39, 0.29) is 0 Å². The first-order chi connectivity index (χ1) is 13.9. The highest BCUT2D eigenvalue weighted by Crippen LogP contribution is 2.12. The van der Waals surface area contributed by atoms with Gasteiger partial charge >= 0.3 is 0 Å². The molecule has 4 rings (SSSR count). The Hall–Kier alpha value is -2.76. The van der Waals surface area contributed by atoms with Gasteiger partial charge in [0.05, 0.1) is 13.1 Å². The van der Waals surface area contributed by atoms with Gasteiger partial charge < -0.3 is 0 Å². The van der Waals surface area contributed by atoms with Crippen molar-refractivity contribution in [1.29, 1.82) is 0 Å². The molecule has 2 aromatic heterocycles. The number of hydrogen-bond acceptors (Lipinski definition) is 4. The van der Waals surface area contributed by atoms with Crippen LogP contribution in [-0.2, 0) is 13.1 Å². The van der Waals surface area contributed by atoms with Gasteiger partial charge in [0, 0.05) is 0 Å². The number of fused-ring (bicyclic) bond motifs is 2. The topological polar surface area (TPSA) is 61.4 Å². The van der Waals surface area contributed by atoms with Crippen molar-refractivity contribution < 1.29 is 0 Å². The first-order valence-corrected chi connectivity index (χ1v) is 10.5. The Morgan fingerprint density at radius 3 is 1.04 bits per heavy atom. The van der Waals surface area contributed by atoms with Gasteiger partial charge in [-0.2, -0.15) is 30.0 Å². The monoisotopic (exact) mass is 376 g/mol. The molecule has 0 saturated heterocycles. The Kier molecular flexibility index (Phi) is 6.27. The van der Waals surface area contributed by atoms with Crippen LogP contribution in [-0.4, -0.2) is 30.0 Å². The molecule has 4 aromatic rings. The van der Waals surface area contributed by atoms with Crippen LogP contribution in [0, 0.1) is 0 Å². The summed E-state index contributed by atoms with van der Waals surface area (Å²) in [7, 11) is 0. The average molecular weight is 377 g/mol. The van der Waals surface area contributed by atoms with Crippen molar-refractivity contribution >= 4 is 22.1 Å². The Balaban J connectivity index is 1.03. The lowest BCUT2D eigenvalue weighted by Gasteiger charge is -2.03. The summed E-state index contributed by atoms with van der Waals surface area (Å²) in [5, 5.41) is 18.1. The Morgan fingerprint density at radius 2 is 0.714 bits per heavy atom. The van der Waals surface area contributed by atoms with Crippen molar-refractivity contribution in [3.05, 3.63) is 48.5 Å². The minimum atomic E-state index is 0.917. The number of benzene rings is 2. The van der Waals surface area contributed by atoms with Gasteiger partial charge in [0.15, 0.2) is 0 Å². The zero-order chi connectivity index (χ0) is 19.0. The SMILES string of the molecule is c1ccc2nn(CCCCCCCCCCn3nc4ccccc4n3)nc2c1. The van der Waals surface area contributed by atoms with E-state index in [1.54, 1.807) is 0 Å². The highest BCUT2D eigenvalue weighted by atomic mass is 15.5. The molecule has 2 aromatic carbocycles. The number of unbranched alkanes of at least 4 members (excludes halogenated alkanes) is 7. The number of nitrogens with zero attached hydrogens (tertiary/aromatic N) is 6.